The van der Waals surface area contributed by atoms with Crippen molar-refractivity contribution in [3.05, 3.63) is 29.1 Å². The molecule has 0 aliphatic heterocycles. The zero-order chi connectivity index (χ0) is 10.9. The van der Waals surface area contributed by atoms with Crippen LogP contribution in [0.15, 0.2) is 12.1 Å². The molecule has 0 saturated carbocycles. The summed E-state index contributed by atoms with van der Waals surface area (Å²) in [4.78, 5) is 0. The van der Waals surface area contributed by atoms with Gasteiger partial charge >= 0.3 is 6.18 Å². The quantitative estimate of drug-likeness (QED) is 0.547. The highest BCUT2D eigenvalue weighted by Gasteiger charge is 2.34. The van der Waals surface area contributed by atoms with E-state index in [1.54, 1.807) is 0 Å². The van der Waals surface area contributed by atoms with Crippen LogP contribution in [-0.2, 0) is 12.7 Å². The predicted octanol–water partition coefficient (Wildman–Crippen LogP) is 1.89. The van der Waals surface area contributed by atoms with Gasteiger partial charge in [0.25, 0.3) is 0 Å². The van der Waals surface area contributed by atoms with E-state index in [9.17, 15) is 17.6 Å². The molecule has 0 atom stereocenters. The van der Waals surface area contributed by atoms with Gasteiger partial charge in [-0.1, -0.05) is 0 Å². The average Bonchev–Trinajstić information content (AvgIpc) is 2.07. The molecule has 0 heterocycles. The van der Waals surface area contributed by atoms with Crippen LogP contribution < -0.4 is 11.5 Å². The molecule has 0 spiro atoms. The molecule has 1 aromatic carbocycles. The molecule has 0 saturated heterocycles. The predicted molar refractivity (Wildman–Crippen MR) is 43.7 cm³/mol. The first kappa shape index (κ1) is 10.8. The van der Waals surface area contributed by atoms with Gasteiger partial charge in [0.2, 0.25) is 0 Å². The van der Waals surface area contributed by atoms with Gasteiger partial charge in [0.05, 0.1) is 11.3 Å². The topological polar surface area (TPSA) is 52.0 Å². The third kappa shape index (κ3) is 1.95. The van der Waals surface area contributed by atoms with Crippen LogP contribution in [-0.4, -0.2) is 0 Å². The van der Waals surface area contributed by atoms with E-state index in [-0.39, 0.29) is 12.1 Å². The van der Waals surface area contributed by atoms with Gasteiger partial charge in [-0.15, -0.1) is 0 Å². The van der Waals surface area contributed by atoms with Gasteiger partial charge in [0, 0.05) is 6.54 Å². The molecular formula is C8H8F4N2. The number of rotatable bonds is 1. The van der Waals surface area contributed by atoms with E-state index >= 15 is 0 Å². The fourth-order valence-electron chi connectivity index (χ4n) is 1.03. The average molecular weight is 208 g/mol. The molecule has 14 heavy (non-hydrogen) atoms. The summed E-state index contributed by atoms with van der Waals surface area (Å²) in [5.74, 6) is -1.10. The highest BCUT2D eigenvalue weighted by atomic mass is 19.4. The maximum absolute atomic E-state index is 12.9. The van der Waals surface area contributed by atoms with Crippen LogP contribution in [0.25, 0.3) is 0 Å². The van der Waals surface area contributed by atoms with Crippen molar-refractivity contribution in [1.29, 1.82) is 0 Å². The summed E-state index contributed by atoms with van der Waals surface area (Å²) >= 11 is 0. The summed E-state index contributed by atoms with van der Waals surface area (Å²) < 4.78 is 49.6. The first-order valence-electron chi connectivity index (χ1n) is 3.71. The van der Waals surface area contributed by atoms with E-state index in [0.29, 0.717) is 0 Å². The third-order valence-corrected chi connectivity index (χ3v) is 1.73. The molecule has 78 valence electrons. The number of benzene rings is 1. The first-order valence-corrected chi connectivity index (χ1v) is 3.71. The molecule has 6 heteroatoms. The van der Waals surface area contributed by atoms with Crippen molar-refractivity contribution in [2.24, 2.45) is 5.73 Å². The second-order valence-electron chi connectivity index (χ2n) is 2.74. The van der Waals surface area contributed by atoms with Gasteiger partial charge in [0.1, 0.15) is 5.82 Å². The fraction of sp³-hybridized carbons (Fsp3) is 0.250. The van der Waals surface area contributed by atoms with Gasteiger partial charge in [-0.2, -0.15) is 13.2 Å². The fourth-order valence-corrected chi connectivity index (χ4v) is 1.03. The minimum absolute atomic E-state index is 0.0593. The van der Waals surface area contributed by atoms with Crippen molar-refractivity contribution in [1.82, 2.24) is 0 Å². The van der Waals surface area contributed by atoms with Crippen molar-refractivity contribution in [3.63, 3.8) is 0 Å². The van der Waals surface area contributed by atoms with E-state index in [2.05, 4.69) is 0 Å². The Bertz CT molecular complexity index is 346. The van der Waals surface area contributed by atoms with Gasteiger partial charge in [-0.05, 0) is 17.7 Å². The second-order valence-corrected chi connectivity index (χ2v) is 2.74. The van der Waals surface area contributed by atoms with Crippen LogP contribution in [0.4, 0.5) is 23.2 Å². The number of hydrogen-bond donors (Lipinski definition) is 2. The van der Waals surface area contributed by atoms with Crippen molar-refractivity contribution in [2.75, 3.05) is 5.73 Å². The maximum Gasteiger partial charge on any atom is 0.418 e. The molecule has 0 bridgehead atoms. The SMILES string of the molecule is NCc1cc(F)c(N)c(C(F)(F)F)c1. The van der Waals surface area contributed by atoms with E-state index in [0.717, 1.165) is 12.1 Å². The second kappa shape index (κ2) is 3.45. The largest absolute Gasteiger partial charge is 0.418 e. The summed E-state index contributed by atoms with van der Waals surface area (Å²) in [6.45, 7) is -0.166. The number of nitrogens with two attached hydrogens (primary N) is 2. The van der Waals surface area contributed by atoms with E-state index in [4.69, 9.17) is 11.5 Å². The Hall–Kier alpha value is -1.30. The van der Waals surface area contributed by atoms with Crippen molar-refractivity contribution < 1.29 is 17.6 Å². The van der Waals surface area contributed by atoms with E-state index < -0.39 is 23.2 Å². The molecule has 1 aromatic rings. The van der Waals surface area contributed by atoms with Crippen molar-refractivity contribution in [3.8, 4) is 0 Å². The minimum Gasteiger partial charge on any atom is -0.396 e. The van der Waals surface area contributed by atoms with E-state index in [1.165, 1.54) is 0 Å². The smallest absolute Gasteiger partial charge is 0.396 e. The standard InChI is InChI=1S/C8H8F4N2/c9-6-2-4(3-13)1-5(7(6)14)8(10,11)12/h1-2H,3,13-14H2. The highest BCUT2D eigenvalue weighted by Crippen LogP contribution is 2.35. The summed E-state index contributed by atoms with van der Waals surface area (Å²) in [5, 5.41) is 0. The number of alkyl halides is 3. The Morgan fingerprint density at radius 3 is 2.21 bits per heavy atom. The Kier molecular flexibility index (Phi) is 2.66. The third-order valence-electron chi connectivity index (χ3n) is 1.73. The van der Waals surface area contributed by atoms with Gasteiger partial charge < -0.3 is 11.5 Å². The minimum atomic E-state index is -4.66. The molecule has 0 aromatic heterocycles. The maximum atomic E-state index is 12.9. The lowest BCUT2D eigenvalue weighted by atomic mass is 10.1. The molecule has 0 fully saturated rings. The number of hydrogen-bond acceptors (Lipinski definition) is 2. The molecule has 2 nitrogen and oxygen atoms in total. The Labute approximate surface area is 77.5 Å². The molecule has 0 aliphatic carbocycles. The lowest BCUT2D eigenvalue weighted by Crippen LogP contribution is -2.12. The summed E-state index contributed by atoms with van der Waals surface area (Å²) in [5.41, 5.74) is 8.05. The molecule has 4 N–H and O–H groups in total. The zero-order valence-electron chi connectivity index (χ0n) is 7.03. The summed E-state index contributed by atoms with van der Waals surface area (Å²) in [6.07, 6.45) is -4.66. The monoisotopic (exact) mass is 208 g/mol. The van der Waals surface area contributed by atoms with Crippen LogP contribution in [0.2, 0.25) is 0 Å². The molecular weight excluding hydrogens is 200 g/mol. The summed E-state index contributed by atoms with van der Waals surface area (Å²) in [7, 11) is 0. The number of anilines is 1. The summed E-state index contributed by atoms with van der Waals surface area (Å²) in [6, 6.07) is 1.64. The van der Waals surface area contributed by atoms with Crippen LogP contribution in [0.1, 0.15) is 11.1 Å². The number of nitrogen functional groups attached to an aromatic ring is 1. The van der Waals surface area contributed by atoms with Crippen molar-refractivity contribution >= 4 is 5.69 Å². The van der Waals surface area contributed by atoms with Gasteiger partial charge in [-0.3, -0.25) is 0 Å². The number of halogens is 4. The van der Waals surface area contributed by atoms with Crippen molar-refractivity contribution in [2.45, 2.75) is 12.7 Å². The van der Waals surface area contributed by atoms with Crippen LogP contribution in [0, 0.1) is 5.82 Å². The molecule has 1 rings (SSSR count). The highest BCUT2D eigenvalue weighted by molar-refractivity contribution is 5.51. The van der Waals surface area contributed by atoms with E-state index in [1.807, 2.05) is 0 Å². The normalized spacial score (nSPS) is 11.8. The lowest BCUT2D eigenvalue weighted by Gasteiger charge is -2.11. The Balaban J connectivity index is 3.35. The Morgan fingerprint density at radius 1 is 1.21 bits per heavy atom. The first-order chi connectivity index (χ1) is 6.36. The van der Waals surface area contributed by atoms with Crippen LogP contribution in [0.5, 0.6) is 0 Å². The molecule has 0 amide bonds. The van der Waals surface area contributed by atoms with Gasteiger partial charge in [0.15, 0.2) is 0 Å². The molecule has 0 radical (unpaired) electrons. The van der Waals surface area contributed by atoms with Crippen LogP contribution in [0.3, 0.4) is 0 Å². The van der Waals surface area contributed by atoms with Crippen LogP contribution >= 0.6 is 0 Å². The lowest BCUT2D eigenvalue weighted by molar-refractivity contribution is -0.137. The molecule has 0 unspecified atom stereocenters. The Morgan fingerprint density at radius 2 is 1.79 bits per heavy atom. The zero-order valence-corrected chi connectivity index (χ0v) is 7.03. The molecule has 0 aliphatic rings. The van der Waals surface area contributed by atoms with Gasteiger partial charge in [-0.25, -0.2) is 4.39 Å².